The second-order valence-corrected chi connectivity index (χ2v) is 6.82. The normalized spacial score (nSPS) is 11.5. The zero-order chi connectivity index (χ0) is 19.3. The third-order valence-corrected chi connectivity index (χ3v) is 4.32. The van der Waals surface area contributed by atoms with E-state index in [2.05, 4.69) is 5.32 Å². The Balaban J connectivity index is 0.00000364. The first-order valence-corrected chi connectivity index (χ1v) is 8.77. The molecule has 0 aliphatic carbocycles. The zero-order valence-corrected chi connectivity index (χ0v) is 17.0. The summed E-state index contributed by atoms with van der Waals surface area (Å²) in [5.74, 6) is -0.212. The standard InChI is InChI=1S/C21H27N3O2.ClH/c1-14(2)24(16(4)25)13-17-7-11-19(12-8-17)23-21(26)20(22)18-9-5-15(3)6-10-18;/h5-12,14,20H,13,22H2,1-4H3,(H,23,26);1H. The number of nitrogens with one attached hydrogen (secondary N) is 1. The summed E-state index contributed by atoms with van der Waals surface area (Å²) in [7, 11) is 0. The number of halogens is 1. The molecule has 3 N–H and O–H groups in total. The van der Waals surface area contributed by atoms with Gasteiger partial charge in [-0.15, -0.1) is 12.4 Å². The first kappa shape index (κ1) is 22.7. The number of amides is 2. The summed E-state index contributed by atoms with van der Waals surface area (Å²) >= 11 is 0. The quantitative estimate of drug-likeness (QED) is 0.788. The van der Waals surface area contributed by atoms with E-state index in [4.69, 9.17) is 5.73 Å². The van der Waals surface area contributed by atoms with E-state index in [0.717, 1.165) is 16.7 Å². The molecule has 27 heavy (non-hydrogen) atoms. The lowest BCUT2D eigenvalue weighted by Crippen LogP contribution is -2.34. The highest BCUT2D eigenvalue weighted by Crippen LogP contribution is 2.17. The molecule has 146 valence electrons. The fourth-order valence-electron chi connectivity index (χ4n) is 2.69. The highest BCUT2D eigenvalue weighted by Gasteiger charge is 2.16. The van der Waals surface area contributed by atoms with Gasteiger partial charge in [0, 0.05) is 25.2 Å². The highest BCUT2D eigenvalue weighted by atomic mass is 35.5. The third kappa shape index (κ3) is 6.38. The summed E-state index contributed by atoms with van der Waals surface area (Å²) in [5, 5.41) is 2.84. The number of hydrogen-bond donors (Lipinski definition) is 2. The van der Waals surface area contributed by atoms with E-state index in [1.54, 1.807) is 11.8 Å². The number of nitrogens with two attached hydrogens (primary N) is 1. The van der Waals surface area contributed by atoms with E-state index in [1.165, 1.54) is 0 Å². The Bertz CT molecular complexity index is 758. The lowest BCUT2D eigenvalue weighted by molar-refractivity contribution is -0.131. The summed E-state index contributed by atoms with van der Waals surface area (Å²) < 4.78 is 0. The average Bonchev–Trinajstić information content (AvgIpc) is 2.60. The summed E-state index contributed by atoms with van der Waals surface area (Å²) in [6, 6.07) is 14.5. The van der Waals surface area contributed by atoms with E-state index in [-0.39, 0.29) is 30.3 Å². The van der Waals surface area contributed by atoms with Crippen LogP contribution in [0.25, 0.3) is 0 Å². The number of aryl methyl sites for hydroxylation is 1. The minimum atomic E-state index is -0.718. The molecule has 0 heterocycles. The number of rotatable bonds is 6. The second kappa shape index (κ2) is 10.1. The molecule has 2 aromatic carbocycles. The summed E-state index contributed by atoms with van der Waals surface area (Å²) in [5.41, 5.74) is 9.63. The van der Waals surface area contributed by atoms with Gasteiger partial charge in [0.25, 0.3) is 0 Å². The second-order valence-electron chi connectivity index (χ2n) is 6.82. The van der Waals surface area contributed by atoms with Gasteiger partial charge < -0.3 is 16.0 Å². The lowest BCUT2D eigenvalue weighted by atomic mass is 10.1. The van der Waals surface area contributed by atoms with Crippen molar-refractivity contribution in [2.45, 2.75) is 46.3 Å². The Morgan fingerprint density at radius 3 is 2.07 bits per heavy atom. The van der Waals surface area contributed by atoms with Gasteiger partial charge in [0.15, 0.2) is 0 Å². The van der Waals surface area contributed by atoms with Gasteiger partial charge in [-0.05, 0) is 44.0 Å². The van der Waals surface area contributed by atoms with Crippen LogP contribution >= 0.6 is 12.4 Å². The Morgan fingerprint density at radius 1 is 1.04 bits per heavy atom. The smallest absolute Gasteiger partial charge is 0.245 e. The Morgan fingerprint density at radius 2 is 1.59 bits per heavy atom. The van der Waals surface area contributed by atoms with Crippen molar-refractivity contribution >= 4 is 29.9 Å². The maximum absolute atomic E-state index is 12.4. The molecule has 0 aliphatic heterocycles. The van der Waals surface area contributed by atoms with Gasteiger partial charge in [0.05, 0.1) is 0 Å². The topological polar surface area (TPSA) is 75.4 Å². The van der Waals surface area contributed by atoms with Crippen LogP contribution in [-0.4, -0.2) is 22.8 Å². The molecule has 5 nitrogen and oxygen atoms in total. The molecule has 2 rings (SSSR count). The minimum Gasteiger partial charge on any atom is -0.336 e. The maximum atomic E-state index is 12.4. The number of nitrogens with zero attached hydrogens (tertiary/aromatic N) is 1. The molecule has 0 saturated carbocycles. The van der Waals surface area contributed by atoms with Crippen LogP contribution in [0.2, 0.25) is 0 Å². The van der Waals surface area contributed by atoms with Crippen LogP contribution in [0.4, 0.5) is 5.69 Å². The van der Waals surface area contributed by atoms with Gasteiger partial charge >= 0.3 is 0 Å². The third-order valence-electron chi connectivity index (χ3n) is 4.32. The summed E-state index contributed by atoms with van der Waals surface area (Å²) in [6.45, 7) is 8.08. The minimum absolute atomic E-state index is 0. The average molecular weight is 390 g/mol. The SMILES string of the molecule is CC(=O)N(Cc1ccc(NC(=O)C(N)c2ccc(C)cc2)cc1)C(C)C.Cl. The number of benzene rings is 2. The van der Waals surface area contributed by atoms with E-state index < -0.39 is 6.04 Å². The van der Waals surface area contributed by atoms with Gasteiger partial charge in [-0.3, -0.25) is 9.59 Å². The van der Waals surface area contributed by atoms with Crippen molar-refractivity contribution in [1.29, 1.82) is 0 Å². The molecule has 2 aromatic rings. The number of anilines is 1. The van der Waals surface area contributed by atoms with E-state index >= 15 is 0 Å². The Labute approximate surface area is 167 Å². The molecule has 0 saturated heterocycles. The van der Waals surface area contributed by atoms with E-state index in [0.29, 0.717) is 12.2 Å². The monoisotopic (exact) mass is 389 g/mol. The molecule has 0 bridgehead atoms. The maximum Gasteiger partial charge on any atom is 0.245 e. The largest absolute Gasteiger partial charge is 0.336 e. The fourth-order valence-corrected chi connectivity index (χ4v) is 2.69. The summed E-state index contributed by atoms with van der Waals surface area (Å²) in [6.07, 6.45) is 0. The van der Waals surface area contributed by atoms with Crippen molar-refractivity contribution < 1.29 is 9.59 Å². The molecular weight excluding hydrogens is 362 g/mol. The van der Waals surface area contributed by atoms with Crippen molar-refractivity contribution in [2.24, 2.45) is 5.73 Å². The van der Waals surface area contributed by atoms with Gasteiger partial charge in [0.2, 0.25) is 11.8 Å². The molecule has 0 fully saturated rings. The molecule has 0 aliphatic rings. The summed E-state index contributed by atoms with van der Waals surface area (Å²) in [4.78, 5) is 25.8. The van der Waals surface area contributed by atoms with Crippen LogP contribution in [0.3, 0.4) is 0 Å². The van der Waals surface area contributed by atoms with E-state index in [9.17, 15) is 9.59 Å². The van der Waals surface area contributed by atoms with Crippen LogP contribution in [0.15, 0.2) is 48.5 Å². The molecule has 1 atom stereocenters. The Hall–Kier alpha value is -2.37. The van der Waals surface area contributed by atoms with Gasteiger partial charge in [-0.1, -0.05) is 42.0 Å². The van der Waals surface area contributed by atoms with Crippen LogP contribution < -0.4 is 11.1 Å². The van der Waals surface area contributed by atoms with Crippen LogP contribution in [0, 0.1) is 6.92 Å². The van der Waals surface area contributed by atoms with Crippen molar-refractivity contribution in [3.8, 4) is 0 Å². The predicted molar refractivity (Wildman–Crippen MR) is 112 cm³/mol. The van der Waals surface area contributed by atoms with Crippen LogP contribution in [-0.2, 0) is 16.1 Å². The van der Waals surface area contributed by atoms with Crippen molar-refractivity contribution in [1.82, 2.24) is 4.90 Å². The molecule has 0 radical (unpaired) electrons. The molecular formula is C21H28ClN3O2. The molecule has 6 heteroatoms. The first-order chi connectivity index (χ1) is 12.3. The van der Waals surface area contributed by atoms with Gasteiger partial charge in [0.1, 0.15) is 6.04 Å². The van der Waals surface area contributed by atoms with E-state index in [1.807, 2.05) is 69.3 Å². The fraction of sp³-hybridized carbons (Fsp3) is 0.333. The lowest BCUT2D eigenvalue weighted by Gasteiger charge is -2.25. The Kier molecular flexibility index (Phi) is 8.47. The first-order valence-electron chi connectivity index (χ1n) is 8.77. The van der Waals surface area contributed by atoms with Crippen molar-refractivity contribution in [3.05, 3.63) is 65.2 Å². The predicted octanol–water partition coefficient (Wildman–Crippen LogP) is 3.81. The van der Waals surface area contributed by atoms with Crippen molar-refractivity contribution in [2.75, 3.05) is 5.32 Å². The molecule has 2 amide bonds. The molecule has 1 unspecified atom stereocenters. The number of carbonyl (C=O) groups is 2. The van der Waals surface area contributed by atoms with Gasteiger partial charge in [-0.2, -0.15) is 0 Å². The highest BCUT2D eigenvalue weighted by molar-refractivity contribution is 5.95. The molecule has 0 spiro atoms. The van der Waals surface area contributed by atoms with Crippen LogP contribution in [0.1, 0.15) is 43.5 Å². The van der Waals surface area contributed by atoms with Crippen LogP contribution in [0.5, 0.6) is 0 Å². The van der Waals surface area contributed by atoms with Gasteiger partial charge in [-0.25, -0.2) is 0 Å². The zero-order valence-electron chi connectivity index (χ0n) is 16.2. The number of hydrogen-bond acceptors (Lipinski definition) is 3. The van der Waals surface area contributed by atoms with Crippen molar-refractivity contribution in [3.63, 3.8) is 0 Å². The number of carbonyl (C=O) groups excluding carboxylic acids is 2. The molecule has 0 aromatic heterocycles.